The minimum absolute atomic E-state index is 0.262. The molecule has 1 aliphatic heterocycles. The van der Waals surface area contributed by atoms with Crippen molar-refractivity contribution in [3.63, 3.8) is 0 Å². The maximum Gasteiger partial charge on any atom is 0.340 e. The first-order valence-corrected chi connectivity index (χ1v) is 6.88. The van der Waals surface area contributed by atoms with Gasteiger partial charge in [0.15, 0.2) is 0 Å². The van der Waals surface area contributed by atoms with Gasteiger partial charge in [-0.2, -0.15) is 0 Å². The van der Waals surface area contributed by atoms with Crippen LogP contribution in [0.3, 0.4) is 0 Å². The van der Waals surface area contributed by atoms with E-state index in [1.165, 1.54) is 0 Å². The molecule has 1 aliphatic rings. The van der Waals surface area contributed by atoms with E-state index < -0.39 is 5.60 Å². The Balaban J connectivity index is 2.36. The molecule has 5 heteroatoms. The number of carbonyl (C=O) groups excluding carboxylic acids is 1. The minimum atomic E-state index is -0.483. The van der Waals surface area contributed by atoms with E-state index in [0.717, 1.165) is 21.7 Å². The molecule has 0 fully saturated rings. The normalized spacial score (nSPS) is 15.3. The van der Waals surface area contributed by atoms with Gasteiger partial charge in [0, 0.05) is 16.3 Å². The molecule has 0 atom stereocenters. The lowest BCUT2D eigenvalue weighted by atomic mass is 10.0. The first-order valence-electron chi connectivity index (χ1n) is 6.07. The second-order valence-electron chi connectivity index (χ2n) is 5.31. The van der Waals surface area contributed by atoms with Crippen LogP contribution in [-0.4, -0.2) is 18.2 Å². The van der Waals surface area contributed by atoms with Crippen molar-refractivity contribution >= 4 is 17.3 Å². The van der Waals surface area contributed by atoms with E-state index in [4.69, 9.17) is 15.2 Å². The number of fused-ring (bicyclic) bond motifs is 1. The smallest absolute Gasteiger partial charge is 0.340 e. The molecule has 1 aromatic heterocycles. The van der Waals surface area contributed by atoms with Gasteiger partial charge in [-0.25, -0.2) is 4.79 Å². The number of rotatable bonds is 2. The molecule has 100 valence electrons. The maximum absolute atomic E-state index is 12.3. The van der Waals surface area contributed by atoms with Crippen molar-refractivity contribution in [3.8, 4) is 0 Å². The second-order valence-corrected chi connectivity index (χ2v) is 6.50. The Morgan fingerprint density at radius 1 is 1.50 bits per heavy atom. The largest absolute Gasteiger partial charge is 0.456 e. The van der Waals surface area contributed by atoms with Crippen molar-refractivity contribution in [1.29, 1.82) is 0 Å². The van der Waals surface area contributed by atoms with Crippen LogP contribution in [-0.2, 0) is 29.0 Å². The number of esters is 1. The summed E-state index contributed by atoms with van der Waals surface area (Å²) in [5.41, 5.74) is 6.99. The number of hydrogen-bond donors (Lipinski definition) is 1. The van der Waals surface area contributed by atoms with Gasteiger partial charge in [0.25, 0.3) is 0 Å². The molecule has 18 heavy (non-hydrogen) atoms. The number of carbonyl (C=O) groups is 1. The van der Waals surface area contributed by atoms with Gasteiger partial charge in [0.1, 0.15) is 5.60 Å². The molecule has 2 N–H and O–H groups in total. The molecule has 1 aromatic rings. The summed E-state index contributed by atoms with van der Waals surface area (Å²) in [6.45, 7) is 7.21. The van der Waals surface area contributed by atoms with Crippen LogP contribution in [0.4, 0.5) is 0 Å². The summed E-state index contributed by atoms with van der Waals surface area (Å²) in [6.07, 6.45) is 0.764. The van der Waals surface area contributed by atoms with Crippen molar-refractivity contribution < 1.29 is 14.3 Å². The van der Waals surface area contributed by atoms with E-state index in [-0.39, 0.29) is 5.97 Å². The second kappa shape index (κ2) is 4.99. The van der Waals surface area contributed by atoms with Crippen molar-refractivity contribution in [1.82, 2.24) is 0 Å². The molecule has 0 unspecified atom stereocenters. The zero-order chi connectivity index (χ0) is 13.3. The molecule has 2 rings (SSSR count). The van der Waals surface area contributed by atoms with Crippen molar-refractivity contribution in [3.05, 3.63) is 20.9 Å². The third-order valence-corrected chi connectivity index (χ3v) is 3.91. The van der Waals surface area contributed by atoms with E-state index in [1.54, 1.807) is 11.3 Å². The van der Waals surface area contributed by atoms with Crippen LogP contribution in [0.15, 0.2) is 0 Å². The number of nitrogens with two attached hydrogens (primary N) is 1. The van der Waals surface area contributed by atoms with Crippen molar-refractivity contribution in [2.24, 2.45) is 5.73 Å². The number of thiophene rings is 1. The fourth-order valence-electron chi connectivity index (χ4n) is 2.00. The lowest BCUT2D eigenvalue weighted by Gasteiger charge is -2.21. The Morgan fingerprint density at radius 3 is 2.83 bits per heavy atom. The number of ether oxygens (including phenoxy) is 2. The van der Waals surface area contributed by atoms with Crippen LogP contribution in [0.25, 0.3) is 0 Å². The fraction of sp³-hybridized carbons (Fsp3) is 0.615. The van der Waals surface area contributed by atoms with Gasteiger partial charge < -0.3 is 15.2 Å². The van der Waals surface area contributed by atoms with Gasteiger partial charge in [-0.1, -0.05) is 0 Å². The minimum Gasteiger partial charge on any atom is -0.456 e. The molecular weight excluding hydrogens is 250 g/mol. The molecule has 0 aromatic carbocycles. The van der Waals surface area contributed by atoms with E-state index in [2.05, 4.69) is 0 Å². The molecule has 2 heterocycles. The van der Waals surface area contributed by atoms with Gasteiger partial charge in [0.2, 0.25) is 0 Å². The van der Waals surface area contributed by atoms with Crippen molar-refractivity contribution in [2.45, 2.75) is 45.9 Å². The molecule has 0 amide bonds. The molecular formula is C13H19NO3S. The first-order chi connectivity index (χ1) is 8.42. The lowest BCUT2D eigenvalue weighted by Crippen LogP contribution is -2.25. The zero-order valence-electron chi connectivity index (χ0n) is 11.0. The SMILES string of the molecule is CC(C)(C)OC(=O)c1c(CN)sc2c1CCOC2. The highest BCUT2D eigenvalue weighted by Crippen LogP contribution is 2.33. The van der Waals surface area contributed by atoms with E-state index in [0.29, 0.717) is 25.3 Å². The fourth-order valence-corrected chi connectivity index (χ4v) is 3.16. The summed E-state index contributed by atoms with van der Waals surface area (Å²) in [6, 6.07) is 0. The summed E-state index contributed by atoms with van der Waals surface area (Å²) in [7, 11) is 0. The third-order valence-electron chi connectivity index (χ3n) is 2.68. The first kappa shape index (κ1) is 13.5. The Kier molecular flexibility index (Phi) is 3.75. The lowest BCUT2D eigenvalue weighted by molar-refractivity contribution is 0.00663. The van der Waals surface area contributed by atoms with Crippen LogP contribution >= 0.6 is 11.3 Å². The van der Waals surface area contributed by atoms with Crippen molar-refractivity contribution in [2.75, 3.05) is 6.61 Å². The van der Waals surface area contributed by atoms with Crippen LogP contribution in [0.2, 0.25) is 0 Å². The molecule has 0 radical (unpaired) electrons. The van der Waals surface area contributed by atoms with Crippen LogP contribution in [0, 0.1) is 0 Å². The average Bonchev–Trinajstić information content (AvgIpc) is 2.64. The topological polar surface area (TPSA) is 61.5 Å². The van der Waals surface area contributed by atoms with Gasteiger partial charge in [-0.3, -0.25) is 0 Å². The van der Waals surface area contributed by atoms with Crippen LogP contribution < -0.4 is 5.73 Å². The van der Waals surface area contributed by atoms with E-state index >= 15 is 0 Å². The summed E-state index contributed by atoms with van der Waals surface area (Å²) in [4.78, 5) is 14.3. The Bertz CT molecular complexity index is 460. The standard InChI is InChI=1S/C13H19NO3S/c1-13(2,3)17-12(15)11-8-4-5-16-7-10(8)18-9(11)6-14/h4-7,14H2,1-3H3. The van der Waals surface area contributed by atoms with Gasteiger partial charge >= 0.3 is 5.97 Å². The third kappa shape index (κ3) is 2.74. The van der Waals surface area contributed by atoms with E-state index in [9.17, 15) is 4.79 Å². The molecule has 0 saturated heterocycles. The summed E-state index contributed by atoms with van der Waals surface area (Å²) >= 11 is 1.57. The predicted octanol–water partition coefficient (Wildman–Crippen LogP) is 2.23. The summed E-state index contributed by atoms with van der Waals surface area (Å²) < 4.78 is 10.9. The molecule has 4 nitrogen and oxygen atoms in total. The molecule has 0 spiro atoms. The van der Waals surface area contributed by atoms with Gasteiger partial charge in [-0.15, -0.1) is 11.3 Å². The molecule has 0 bridgehead atoms. The quantitative estimate of drug-likeness (QED) is 0.836. The van der Waals surface area contributed by atoms with E-state index in [1.807, 2.05) is 20.8 Å². The average molecular weight is 269 g/mol. The Hall–Kier alpha value is -0.910. The van der Waals surface area contributed by atoms with Gasteiger partial charge in [-0.05, 0) is 32.8 Å². The zero-order valence-corrected chi connectivity index (χ0v) is 11.9. The summed E-state index contributed by atoms with van der Waals surface area (Å²) in [5.74, 6) is -0.262. The molecule has 0 aliphatic carbocycles. The predicted molar refractivity (Wildman–Crippen MR) is 70.7 cm³/mol. The highest BCUT2D eigenvalue weighted by atomic mass is 32.1. The highest BCUT2D eigenvalue weighted by Gasteiger charge is 2.28. The number of hydrogen-bond acceptors (Lipinski definition) is 5. The van der Waals surface area contributed by atoms with Crippen LogP contribution in [0.5, 0.6) is 0 Å². The van der Waals surface area contributed by atoms with Crippen LogP contribution in [0.1, 0.15) is 46.4 Å². The highest BCUT2D eigenvalue weighted by molar-refractivity contribution is 7.12. The Morgan fingerprint density at radius 2 is 2.22 bits per heavy atom. The Labute approximate surface area is 111 Å². The molecule has 0 saturated carbocycles. The maximum atomic E-state index is 12.3. The van der Waals surface area contributed by atoms with Gasteiger partial charge in [0.05, 0.1) is 18.8 Å². The monoisotopic (exact) mass is 269 g/mol. The summed E-state index contributed by atoms with van der Waals surface area (Å²) in [5, 5.41) is 0.